The van der Waals surface area contributed by atoms with Crippen LogP contribution in [0, 0.1) is 0 Å². The average molecular weight is 323 g/mol. The van der Waals surface area contributed by atoms with E-state index in [1.54, 1.807) is 0 Å². The molecule has 2 rings (SSSR count). The lowest BCUT2D eigenvalue weighted by Gasteiger charge is -2.08. The summed E-state index contributed by atoms with van der Waals surface area (Å²) in [6.45, 7) is 0. The van der Waals surface area contributed by atoms with Crippen molar-refractivity contribution in [3.8, 4) is 0 Å². The number of halogens is 4. The minimum atomic E-state index is -4.51. The van der Waals surface area contributed by atoms with E-state index in [-0.39, 0.29) is 22.8 Å². The Hall–Kier alpha value is -1.67. The van der Waals surface area contributed by atoms with E-state index >= 15 is 0 Å². The maximum atomic E-state index is 12.4. The minimum Gasteiger partial charge on any atom is -0.476 e. The molecule has 4 nitrogen and oxygen atoms in total. The number of hydrogen-bond donors (Lipinski definition) is 1. The second-order valence-electron chi connectivity index (χ2n) is 3.76. The quantitative estimate of drug-likeness (QED) is 0.939. The molecule has 20 heavy (non-hydrogen) atoms. The smallest absolute Gasteiger partial charge is 0.417 e. The molecule has 1 N–H and O–H groups in total. The highest BCUT2D eigenvalue weighted by Gasteiger charge is 2.31. The lowest BCUT2D eigenvalue weighted by Crippen LogP contribution is -2.07. The van der Waals surface area contributed by atoms with Crippen LogP contribution < -0.4 is 0 Å². The van der Waals surface area contributed by atoms with E-state index in [1.165, 1.54) is 5.38 Å². The molecular formula is C11H6ClF3N2O2S. The molecule has 0 spiro atoms. The van der Waals surface area contributed by atoms with Crippen LogP contribution >= 0.6 is 22.9 Å². The molecule has 2 heterocycles. The van der Waals surface area contributed by atoms with E-state index in [4.69, 9.17) is 16.7 Å². The number of aromatic nitrogens is 2. The number of carboxylic acids is 1. The number of hydrogen-bond acceptors (Lipinski definition) is 4. The zero-order chi connectivity index (χ0) is 14.9. The summed E-state index contributed by atoms with van der Waals surface area (Å²) in [4.78, 5) is 18.1. The SMILES string of the molecule is O=C(O)c1csc(Cc2ncc(C(F)(F)F)cc2Cl)n1. The zero-order valence-corrected chi connectivity index (χ0v) is 11.2. The van der Waals surface area contributed by atoms with Crippen molar-refractivity contribution in [2.24, 2.45) is 0 Å². The van der Waals surface area contributed by atoms with E-state index in [9.17, 15) is 18.0 Å². The van der Waals surface area contributed by atoms with Gasteiger partial charge in [0, 0.05) is 18.0 Å². The second-order valence-corrected chi connectivity index (χ2v) is 5.11. The van der Waals surface area contributed by atoms with E-state index in [0.29, 0.717) is 11.2 Å². The minimum absolute atomic E-state index is 0.0783. The number of aromatic carboxylic acids is 1. The van der Waals surface area contributed by atoms with Crippen molar-refractivity contribution in [1.29, 1.82) is 0 Å². The molecule has 0 aliphatic rings. The summed E-state index contributed by atoms with van der Waals surface area (Å²) >= 11 is 6.83. The van der Waals surface area contributed by atoms with E-state index < -0.39 is 17.7 Å². The Morgan fingerprint density at radius 2 is 2.15 bits per heavy atom. The van der Waals surface area contributed by atoms with Gasteiger partial charge in [-0.05, 0) is 6.07 Å². The van der Waals surface area contributed by atoms with E-state index in [2.05, 4.69) is 9.97 Å². The predicted octanol–water partition coefficient (Wildman–Crippen LogP) is 3.50. The first-order chi connectivity index (χ1) is 9.27. The van der Waals surface area contributed by atoms with Gasteiger partial charge in [0.2, 0.25) is 0 Å². The van der Waals surface area contributed by atoms with Crippen molar-refractivity contribution >= 4 is 28.9 Å². The molecule has 0 unspecified atom stereocenters. The third kappa shape index (κ3) is 3.26. The Morgan fingerprint density at radius 1 is 1.45 bits per heavy atom. The van der Waals surface area contributed by atoms with Crippen LogP contribution in [-0.4, -0.2) is 21.0 Å². The maximum absolute atomic E-state index is 12.4. The monoisotopic (exact) mass is 322 g/mol. The summed E-state index contributed by atoms with van der Waals surface area (Å²) in [6.07, 6.45) is -3.74. The van der Waals surface area contributed by atoms with Gasteiger partial charge in [0.05, 0.1) is 21.3 Å². The maximum Gasteiger partial charge on any atom is 0.417 e. The molecule has 2 aromatic heterocycles. The molecular weight excluding hydrogens is 317 g/mol. The van der Waals surface area contributed by atoms with Crippen molar-refractivity contribution in [2.45, 2.75) is 12.6 Å². The summed E-state index contributed by atoms with van der Waals surface area (Å²) in [5.74, 6) is -1.17. The van der Waals surface area contributed by atoms with Crippen molar-refractivity contribution < 1.29 is 23.1 Å². The summed E-state index contributed by atoms with van der Waals surface area (Å²) in [5.41, 5.74) is -0.837. The standard InChI is InChI=1S/C11H6ClF3N2O2S/c12-6-1-5(11(13,14)15)3-16-7(6)2-9-17-8(4-20-9)10(18)19/h1,3-4H,2H2,(H,18,19). The van der Waals surface area contributed by atoms with Gasteiger partial charge in [-0.2, -0.15) is 13.2 Å². The number of carbonyl (C=O) groups is 1. The molecule has 0 aromatic carbocycles. The van der Waals surface area contributed by atoms with Gasteiger partial charge in [-0.3, -0.25) is 4.98 Å². The molecule has 106 valence electrons. The highest BCUT2D eigenvalue weighted by atomic mass is 35.5. The van der Waals surface area contributed by atoms with E-state index in [0.717, 1.165) is 17.4 Å². The number of alkyl halides is 3. The van der Waals surface area contributed by atoms with Crippen molar-refractivity contribution in [2.75, 3.05) is 0 Å². The molecule has 0 aliphatic carbocycles. The highest BCUT2D eigenvalue weighted by Crippen LogP contribution is 2.31. The fourth-order valence-corrected chi connectivity index (χ4v) is 2.39. The van der Waals surface area contributed by atoms with E-state index in [1.807, 2.05) is 0 Å². The Morgan fingerprint density at radius 3 is 2.65 bits per heavy atom. The second kappa shape index (κ2) is 5.37. The van der Waals surface area contributed by atoms with Gasteiger partial charge in [0.15, 0.2) is 5.69 Å². The van der Waals surface area contributed by atoms with Crippen molar-refractivity contribution in [3.05, 3.63) is 44.6 Å². The molecule has 2 aromatic rings. The first-order valence-corrected chi connectivity index (χ1v) is 6.42. The number of thiazole rings is 1. The normalized spacial score (nSPS) is 11.6. The molecule has 0 aliphatic heterocycles. The van der Waals surface area contributed by atoms with Crippen LogP contribution in [0.15, 0.2) is 17.6 Å². The summed E-state index contributed by atoms with van der Waals surface area (Å²) in [7, 11) is 0. The third-order valence-corrected chi connectivity index (χ3v) is 3.51. The fraction of sp³-hybridized carbons (Fsp3) is 0.182. The predicted molar refractivity (Wildman–Crippen MR) is 66.1 cm³/mol. The van der Waals surface area contributed by atoms with Gasteiger partial charge in [-0.25, -0.2) is 9.78 Å². The largest absolute Gasteiger partial charge is 0.476 e. The zero-order valence-electron chi connectivity index (χ0n) is 9.61. The van der Waals surface area contributed by atoms with Crippen LogP contribution in [0.5, 0.6) is 0 Å². The number of pyridine rings is 1. The Kier molecular flexibility index (Phi) is 3.96. The number of nitrogens with zero attached hydrogens (tertiary/aromatic N) is 2. The molecule has 9 heteroatoms. The summed E-state index contributed by atoms with van der Waals surface area (Å²) < 4.78 is 37.3. The number of carboxylic acid groups (broad SMARTS) is 1. The third-order valence-electron chi connectivity index (χ3n) is 2.33. The lowest BCUT2D eigenvalue weighted by atomic mass is 10.2. The molecule has 0 saturated heterocycles. The first kappa shape index (κ1) is 14.7. The van der Waals surface area contributed by atoms with Gasteiger partial charge in [-0.15, -0.1) is 11.3 Å². The van der Waals surface area contributed by atoms with Gasteiger partial charge in [-0.1, -0.05) is 11.6 Å². The molecule has 0 atom stereocenters. The van der Waals surface area contributed by atoms with Gasteiger partial charge in [0.25, 0.3) is 0 Å². The van der Waals surface area contributed by atoms with Crippen molar-refractivity contribution in [3.63, 3.8) is 0 Å². The molecule has 0 bridgehead atoms. The van der Waals surface area contributed by atoms with Crippen LogP contribution in [0.2, 0.25) is 5.02 Å². The molecule has 0 fully saturated rings. The molecule has 0 saturated carbocycles. The van der Waals surface area contributed by atoms with Crippen LogP contribution in [0.4, 0.5) is 13.2 Å². The van der Waals surface area contributed by atoms with Crippen LogP contribution in [0.3, 0.4) is 0 Å². The topological polar surface area (TPSA) is 63.1 Å². The Balaban J connectivity index is 2.23. The van der Waals surface area contributed by atoms with Crippen LogP contribution in [0.1, 0.15) is 26.8 Å². The average Bonchev–Trinajstić information content (AvgIpc) is 2.79. The lowest BCUT2D eigenvalue weighted by molar-refractivity contribution is -0.137. The Bertz CT molecular complexity index is 657. The van der Waals surface area contributed by atoms with Gasteiger partial charge < -0.3 is 5.11 Å². The fourth-order valence-electron chi connectivity index (χ4n) is 1.38. The van der Waals surface area contributed by atoms with Crippen molar-refractivity contribution in [1.82, 2.24) is 9.97 Å². The Labute approximate surface area is 119 Å². The summed E-state index contributed by atoms with van der Waals surface area (Å²) in [6, 6.07) is 0.787. The summed E-state index contributed by atoms with van der Waals surface area (Å²) in [5, 5.41) is 10.3. The highest BCUT2D eigenvalue weighted by molar-refractivity contribution is 7.09. The first-order valence-electron chi connectivity index (χ1n) is 5.16. The molecule has 0 amide bonds. The van der Waals surface area contributed by atoms with Crippen LogP contribution in [-0.2, 0) is 12.6 Å². The van der Waals surface area contributed by atoms with Crippen LogP contribution in [0.25, 0.3) is 0 Å². The number of rotatable bonds is 3. The van der Waals surface area contributed by atoms with Gasteiger partial charge in [0.1, 0.15) is 0 Å². The molecule has 0 radical (unpaired) electrons. The van der Waals surface area contributed by atoms with Gasteiger partial charge >= 0.3 is 12.1 Å².